The van der Waals surface area contributed by atoms with Crippen LogP contribution in [0.4, 0.5) is 0 Å². The molecule has 0 saturated carbocycles. The number of nitrogens with zero attached hydrogens (tertiary/aromatic N) is 2. The molecule has 1 rings (SSSR count). The maximum Gasteiger partial charge on any atom is 0.105 e. The van der Waals surface area contributed by atoms with Crippen molar-refractivity contribution in [2.45, 2.75) is 39.3 Å². The number of aryl methyl sites for hydroxylation is 1. The first-order chi connectivity index (χ1) is 7.20. The van der Waals surface area contributed by atoms with Crippen molar-refractivity contribution in [1.82, 2.24) is 14.9 Å². The van der Waals surface area contributed by atoms with E-state index in [1.807, 2.05) is 26.2 Å². The number of nitrogens with one attached hydrogen (secondary N) is 1. The number of aliphatic hydroxyl groups excluding tert-OH is 1. The van der Waals surface area contributed by atoms with Crippen molar-refractivity contribution in [3.8, 4) is 0 Å². The molecule has 86 valence electrons. The monoisotopic (exact) mass is 211 g/mol. The molecule has 0 fully saturated rings. The van der Waals surface area contributed by atoms with Crippen LogP contribution >= 0.6 is 0 Å². The Labute approximate surface area is 91.3 Å². The van der Waals surface area contributed by atoms with E-state index in [2.05, 4.69) is 14.9 Å². The summed E-state index contributed by atoms with van der Waals surface area (Å²) in [5, 5.41) is 12.4. The second kappa shape index (κ2) is 6.58. The third kappa shape index (κ3) is 4.95. The minimum Gasteiger partial charge on any atom is -0.393 e. The van der Waals surface area contributed by atoms with E-state index in [-0.39, 0.29) is 6.10 Å². The van der Waals surface area contributed by atoms with Crippen molar-refractivity contribution >= 4 is 0 Å². The largest absolute Gasteiger partial charge is 0.393 e. The second-order valence-corrected chi connectivity index (χ2v) is 3.91. The molecular formula is C11H21N3O. The average molecular weight is 211 g/mol. The Morgan fingerprint density at radius 1 is 1.53 bits per heavy atom. The van der Waals surface area contributed by atoms with Gasteiger partial charge in [-0.25, -0.2) is 4.98 Å². The fraction of sp³-hybridized carbons (Fsp3) is 0.727. The van der Waals surface area contributed by atoms with Crippen molar-refractivity contribution < 1.29 is 5.11 Å². The van der Waals surface area contributed by atoms with Gasteiger partial charge in [0, 0.05) is 25.5 Å². The van der Waals surface area contributed by atoms with Gasteiger partial charge in [0.1, 0.15) is 5.82 Å². The van der Waals surface area contributed by atoms with Crippen LogP contribution in [-0.4, -0.2) is 33.9 Å². The molecule has 0 aliphatic rings. The van der Waals surface area contributed by atoms with Gasteiger partial charge in [0.25, 0.3) is 0 Å². The quantitative estimate of drug-likeness (QED) is 0.660. The number of aromatic nitrogens is 2. The summed E-state index contributed by atoms with van der Waals surface area (Å²) in [6.07, 6.45) is 5.54. The molecule has 0 radical (unpaired) electrons. The summed E-state index contributed by atoms with van der Waals surface area (Å²) < 4.78 is 2.13. The van der Waals surface area contributed by atoms with Gasteiger partial charge < -0.3 is 15.0 Å². The molecule has 1 aromatic heterocycles. The lowest BCUT2D eigenvalue weighted by Crippen LogP contribution is -2.22. The lowest BCUT2D eigenvalue weighted by Gasteiger charge is -2.07. The Hall–Kier alpha value is -0.870. The number of aliphatic hydroxyl groups is 1. The SMILES string of the molecule is Cc1nccn1CCNCCCC(C)O. The summed E-state index contributed by atoms with van der Waals surface area (Å²) >= 11 is 0. The van der Waals surface area contributed by atoms with Gasteiger partial charge in [-0.3, -0.25) is 0 Å². The molecule has 0 spiro atoms. The summed E-state index contributed by atoms with van der Waals surface area (Å²) in [6.45, 7) is 6.72. The predicted octanol–water partition coefficient (Wildman–Crippen LogP) is 0.942. The molecule has 15 heavy (non-hydrogen) atoms. The average Bonchev–Trinajstić information content (AvgIpc) is 2.57. The molecule has 4 heteroatoms. The zero-order chi connectivity index (χ0) is 11.1. The van der Waals surface area contributed by atoms with Crippen LogP contribution in [0.5, 0.6) is 0 Å². The first-order valence-corrected chi connectivity index (χ1v) is 5.56. The Kier molecular flexibility index (Phi) is 5.36. The highest BCUT2D eigenvalue weighted by atomic mass is 16.3. The minimum atomic E-state index is -0.178. The van der Waals surface area contributed by atoms with Gasteiger partial charge in [0.05, 0.1) is 6.10 Å². The van der Waals surface area contributed by atoms with E-state index in [4.69, 9.17) is 5.11 Å². The van der Waals surface area contributed by atoms with Crippen LogP contribution in [0.15, 0.2) is 12.4 Å². The van der Waals surface area contributed by atoms with Crippen molar-refractivity contribution in [3.63, 3.8) is 0 Å². The molecule has 0 bridgehead atoms. The second-order valence-electron chi connectivity index (χ2n) is 3.91. The van der Waals surface area contributed by atoms with Crippen LogP contribution in [0.2, 0.25) is 0 Å². The number of hydrogen-bond donors (Lipinski definition) is 2. The molecule has 0 aromatic carbocycles. The summed E-state index contributed by atoms with van der Waals surface area (Å²) in [7, 11) is 0. The molecule has 2 N–H and O–H groups in total. The summed E-state index contributed by atoms with van der Waals surface area (Å²) in [4.78, 5) is 4.16. The third-order valence-electron chi connectivity index (χ3n) is 2.43. The minimum absolute atomic E-state index is 0.178. The highest BCUT2D eigenvalue weighted by Crippen LogP contribution is 1.95. The van der Waals surface area contributed by atoms with Crippen LogP contribution in [0.25, 0.3) is 0 Å². The fourth-order valence-corrected chi connectivity index (χ4v) is 1.49. The summed E-state index contributed by atoms with van der Waals surface area (Å²) in [6, 6.07) is 0. The van der Waals surface area contributed by atoms with E-state index < -0.39 is 0 Å². The Bertz CT molecular complexity index is 271. The molecule has 0 aliphatic carbocycles. The first-order valence-electron chi connectivity index (χ1n) is 5.56. The van der Waals surface area contributed by atoms with E-state index in [0.29, 0.717) is 0 Å². The van der Waals surface area contributed by atoms with Gasteiger partial charge >= 0.3 is 0 Å². The van der Waals surface area contributed by atoms with Gasteiger partial charge in [0.15, 0.2) is 0 Å². The van der Waals surface area contributed by atoms with Crippen LogP contribution in [0, 0.1) is 6.92 Å². The topological polar surface area (TPSA) is 50.1 Å². The molecule has 0 aliphatic heterocycles. The molecule has 4 nitrogen and oxygen atoms in total. The Morgan fingerprint density at radius 2 is 2.33 bits per heavy atom. The molecule has 1 aromatic rings. The van der Waals surface area contributed by atoms with Crippen molar-refractivity contribution in [2.75, 3.05) is 13.1 Å². The zero-order valence-electron chi connectivity index (χ0n) is 9.61. The molecule has 1 unspecified atom stereocenters. The number of rotatable bonds is 7. The molecule has 0 amide bonds. The van der Waals surface area contributed by atoms with Crippen molar-refractivity contribution in [2.24, 2.45) is 0 Å². The van der Waals surface area contributed by atoms with Gasteiger partial charge in [-0.05, 0) is 33.2 Å². The smallest absolute Gasteiger partial charge is 0.105 e. The summed E-state index contributed by atoms with van der Waals surface area (Å²) in [5.41, 5.74) is 0. The van der Waals surface area contributed by atoms with Crippen LogP contribution in [0.3, 0.4) is 0 Å². The first kappa shape index (κ1) is 12.2. The van der Waals surface area contributed by atoms with E-state index in [1.54, 1.807) is 0 Å². The maximum atomic E-state index is 9.06. The molecule has 0 saturated heterocycles. The lowest BCUT2D eigenvalue weighted by molar-refractivity contribution is 0.181. The van der Waals surface area contributed by atoms with Gasteiger partial charge in [-0.2, -0.15) is 0 Å². The van der Waals surface area contributed by atoms with Gasteiger partial charge in [0.2, 0.25) is 0 Å². The normalized spacial score (nSPS) is 13.0. The summed E-state index contributed by atoms with van der Waals surface area (Å²) in [5.74, 6) is 1.06. The van der Waals surface area contributed by atoms with E-state index in [9.17, 15) is 0 Å². The van der Waals surface area contributed by atoms with E-state index in [0.717, 1.165) is 38.3 Å². The Morgan fingerprint density at radius 3 is 2.93 bits per heavy atom. The standard InChI is InChI=1S/C11H21N3O/c1-10(15)4-3-5-12-6-8-14-9-7-13-11(14)2/h7,9-10,12,15H,3-6,8H2,1-2H3. The van der Waals surface area contributed by atoms with Crippen LogP contribution < -0.4 is 5.32 Å². The molecule has 1 atom stereocenters. The van der Waals surface area contributed by atoms with Gasteiger partial charge in [-0.15, -0.1) is 0 Å². The van der Waals surface area contributed by atoms with Crippen LogP contribution in [0.1, 0.15) is 25.6 Å². The Balaban J connectivity index is 2.00. The van der Waals surface area contributed by atoms with E-state index in [1.165, 1.54) is 0 Å². The zero-order valence-corrected chi connectivity index (χ0v) is 9.61. The number of imidazole rings is 1. The predicted molar refractivity (Wildman–Crippen MR) is 60.7 cm³/mol. The van der Waals surface area contributed by atoms with Gasteiger partial charge in [-0.1, -0.05) is 0 Å². The fourth-order valence-electron chi connectivity index (χ4n) is 1.49. The van der Waals surface area contributed by atoms with E-state index >= 15 is 0 Å². The number of hydrogen-bond acceptors (Lipinski definition) is 3. The van der Waals surface area contributed by atoms with Crippen LogP contribution in [-0.2, 0) is 6.54 Å². The highest BCUT2D eigenvalue weighted by Gasteiger charge is 1.97. The lowest BCUT2D eigenvalue weighted by atomic mass is 10.2. The maximum absolute atomic E-state index is 9.06. The third-order valence-corrected chi connectivity index (χ3v) is 2.43. The highest BCUT2D eigenvalue weighted by molar-refractivity contribution is 4.88. The van der Waals surface area contributed by atoms with Crippen molar-refractivity contribution in [3.05, 3.63) is 18.2 Å². The molecular weight excluding hydrogens is 190 g/mol. The van der Waals surface area contributed by atoms with Crippen molar-refractivity contribution in [1.29, 1.82) is 0 Å². The molecule has 1 heterocycles.